The van der Waals surface area contributed by atoms with Crippen molar-refractivity contribution < 1.29 is 9.90 Å². The van der Waals surface area contributed by atoms with Crippen LogP contribution < -0.4 is 10.6 Å². The normalized spacial score (nSPS) is 25.1. The van der Waals surface area contributed by atoms with E-state index in [2.05, 4.69) is 30.7 Å². The van der Waals surface area contributed by atoms with E-state index in [0.29, 0.717) is 23.6 Å². The van der Waals surface area contributed by atoms with E-state index >= 15 is 0 Å². The molecule has 2 amide bonds. The van der Waals surface area contributed by atoms with Crippen molar-refractivity contribution in [1.82, 2.24) is 10.6 Å². The van der Waals surface area contributed by atoms with Crippen molar-refractivity contribution in [2.24, 2.45) is 5.92 Å². The van der Waals surface area contributed by atoms with Crippen molar-refractivity contribution >= 4 is 17.8 Å². The number of aliphatic hydroxyl groups excluding tert-OH is 1. The maximum Gasteiger partial charge on any atom is 0.315 e. The maximum absolute atomic E-state index is 12.0. The molecule has 112 valence electrons. The number of hydrogen-bond acceptors (Lipinski definition) is 3. The van der Waals surface area contributed by atoms with Crippen LogP contribution >= 0.6 is 11.8 Å². The summed E-state index contributed by atoms with van der Waals surface area (Å²) in [5.41, 5.74) is 0. The highest BCUT2D eigenvalue weighted by molar-refractivity contribution is 7.99. The van der Waals surface area contributed by atoms with Crippen LogP contribution in [-0.4, -0.2) is 41.3 Å². The van der Waals surface area contributed by atoms with Gasteiger partial charge in [0.05, 0.1) is 0 Å². The van der Waals surface area contributed by atoms with Crippen molar-refractivity contribution in [2.75, 3.05) is 12.9 Å². The van der Waals surface area contributed by atoms with Crippen molar-refractivity contribution in [3.05, 3.63) is 0 Å². The molecule has 5 heteroatoms. The SMILES string of the molecule is CSC1CCCC(NC(=O)NC(CCO)C(C)C)C1. The fraction of sp³-hybridized carbons (Fsp3) is 0.929. The molecule has 0 radical (unpaired) electrons. The first-order valence-electron chi connectivity index (χ1n) is 7.27. The third-order valence-corrected chi connectivity index (χ3v) is 4.95. The van der Waals surface area contributed by atoms with Crippen molar-refractivity contribution in [3.8, 4) is 0 Å². The first-order chi connectivity index (χ1) is 9.06. The Labute approximate surface area is 121 Å². The molecule has 0 spiro atoms. The number of urea groups is 1. The van der Waals surface area contributed by atoms with Gasteiger partial charge in [0.2, 0.25) is 0 Å². The number of carbonyl (C=O) groups excluding carboxylic acids is 1. The van der Waals surface area contributed by atoms with Crippen LogP contribution in [0.3, 0.4) is 0 Å². The molecule has 0 heterocycles. The molecule has 1 aliphatic rings. The van der Waals surface area contributed by atoms with Crippen LogP contribution in [0.1, 0.15) is 46.0 Å². The lowest BCUT2D eigenvalue weighted by Crippen LogP contribution is -2.49. The summed E-state index contributed by atoms with van der Waals surface area (Å²) < 4.78 is 0. The molecular weight excluding hydrogens is 260 g/mol. The number of rotatable bonds is 6. The first-order valence-corrected chi connectivity index (χ1v) is 8.56. The number of thioether (sulfide) groups is 1. The van der Waals surface area contributed by atoms with Gasteiger partial charge in [-0.1, -0.05) is 20.3 Å². The van der Waals surface area contributed by atoms with Crippen LogP contribution in [0.2, 0.25) is 0 Å². The largest absolute Gasteiger partial charge is 0.396 e. The highest BCUT2D eigenvalue weighted by atomic mass is 32.2. The molecular formula is C14H28N2O2S. The van der Waals surface area contributed by atoms with Crippen molar-refractivity contribution in [3.63, 3.8) is 0 Å². The average Bonchev–Trinajstić information content (AvgIpc) is 2.38. The second kappa shape index (κ2) is 8.69. The van der Waals surface area contributed by atoms with Gasteiger partial charge in [0.1, 0.15) is 0 Å². The Morgan fingerprint density at radius 3 is 2.74 bits per heavy atom. The molecule has 3 atom stereocenters. The van der Waals surface area contributed by atoms with E-state index in [0.717, 1.165) is 12.8 Å². The van der Waals surface area contributed by atoms with Crippen molar-refractivity contribution in [2.45, 2.75) is 63.3 Å². The Morgan fingerprint density at radius 1 is 1.42 bits per heavy atom. The average molecular weight is 288 g/mol. The molecule has 1 saturated carbocycles. The van der Waals surface area contributed by atoms with E-state index in [9.17, 15) is 4.79 Å². The number of amides is 2. The molecule has 3 unspecified atom stereocenters. The highest BCUT2D eigenvalue weighted by Crippen LogP contribution is 2.26. The van der Waals surface area contributed by atoms with E-state index in [-0.39, 0.29) is 18.7 Å². The first kappa shape index (κ1) is 16.6. The Morgan fingerprint density at radius 2 is 2.16 bits per heavy atom. The van der Waals surface area contributed by atoms with Gasteiger partial charge in [-0.2, -0.15) is 11.8 Å². The summed E-state index contributed by atoms with van der Waals surface area (Å²) in [6.45, 7) is 4.23. The van der Waals surface area contributed by atoms with E-state index in [1.165, 1.54) is 12.8 Å². The van der Waals surface area contributed by atoms with Crippen LogP contribution in [0.5, 0.6) is 0 Å². The lowest BCUT2D eigenvalue weighted by Gasteiger charge is -2.30. The summed E-state index contributed by atoms with van der Waals surface area (Å²) in [4.78, 5) is 12.0. The molecule has 0 bridgehead atoms. The topological polar surface area (TPSA) is 61.4 Å². The van der Waals surface area contributed by atoms with Crippen molar-refractivity contribution in [1.29, 1.82) is 0 Å². The summed E-state index contributed by atoms with van der Waals surface area (Å²) in [5.74, 6) is 0.336. The van der Waals surface area contributed by atoms with E-state index in [4.69, 9.17) is 5.11 Å². The van der Waals surface area contributed by atoms with Gasteiger partial charge < -0.3 is 15.7 Å². The standard InChI is InChI=1S/C14H28N2O2S/c1-10(2)13(7-8-17)16-14(18)15-11-5-4-6-12(9-11)19-3/h10-13,17H,4-9H2,1-3H3,(H2,15,16,18). The van der Waals surface area contributed by atoms with E-state index in [1.54, 1.807) is 0 Å². The summed E-state index contributed by atoms with van der Waals surface area (Å²) >= 11 is 1.90. The quantitative estimate of drug-likeness (QED) is 0.703. The lowest BCUT2D eigenvalue weighted by molar-refractivity contribution is 0.213. The third kappa shape index (κ3) is 6.04. The molecule has 0 aromatic carbocycles. The Kier molecular flexibility index (Phi) is 7.61. The number of aliphatic hydroxyl groups is 1. The third-order valence-electron chi connectivity index (χ3n) is 3.86. The summed E-state index contributed by atoms with van der Waals surface area (Å²) in [5, 5.41) is 15.8. The number of nitrogens with one attached hydrogen (secondary N) is 2. The molecule has 0 saturated heterocycles. The Balaban J connectivity index is 2.36. The monoisotopic (exact) mass is 288 g/mol. The summed E-state index contributed by atoms with van der Waals surface area (Å²) in [7, 11) is 0. The molecule has 1 aliphatic carbocycles. The molecule has 19 heavy (non-hydrogen) atoms. The molecule has 1 rings (SSSR count). The Bertz CT molecular complexity index is 274. The molecule has 0 aromatic rings. The number of hydrogen-bond donors (Lipinski definition) is 3. The zero-order chi connectivity index (χ0) is 14.3. The molecule has 0 aliphatic heterocycles. The molecule has 4 nitrogen and oxygen atoms in total. The predicted octanol–water partition coefficient (Wildman–Crippen LogP) is 2.37. The predicted molar refractivity (Wildman–Crippen MR) is 81.6 cm³/mol. The number of carbonyl (C=O) groups is 1. The second-order valence-electron chi connectivity index (χ2n) is 5.70. The smallest absolute Gasteiger partial charge is 0.315 e. The molecule has 1 fully saturated rings. The maximum atomic E-state index is 12.0. The zero-order valence-electron chi connectivity index (χ0n) is 12.3. The minimum absolute atomic E-state index is 0.0462. The fourth-order valence-corrected chi connectivity index (χ4v) is 3.42. The lowest BCUT2D eigenvalue weighted by atomic mass is 9.95. The van der Waals surface area contributed by atoms with Crippen LogP contribution in [-0.2, 0) is 0 Å². The second-order valence-corrected chi connectivity index (χ2v) is 6.84. The minimum atomic E-state index is -0.0843. The van der Waals surface area contributed by atoms with E-state index in [1.807, 2.05) is 11.8 Å². The van der Waals surface area contributed by atoms with Gasteiger partial charge in [0, 0.05) is 23.9 Å². The van der Waals surface area contributed by atoms with Gasteiger partial charge in [-0.25, -0.2) is 4.79 Å². The van der Waals surface area contributed by atoms with Crippen LogP contribution in [0.15, 0.2) is 0 Å². The van der Waals surface area contributed by atoms with E-state index < -0.39 is 0 Å². The van der Waals surface area contributed by atoms with Gasteiger partial charge in [0.25, 0.3) is 0 Å². The van der Waals surface area contributed by atoms with Gasteiger partial charge in [-0.3, -0.25) is 0 Å². The summed E-state index contributed by atoms with van der Waals surface area (Å²) in [6, 6.07) is 0.261. The summed E-state index contributed by atoms with van der Waals surface area (Å²) in [6.07, 6.45) is 7.37. The van der Waals surface area contributed by atoms with Crippen LogP contribution in [0.25, 0.3) is 0 Å². The molecule has 0 aromatic heterocycles. The minimum Gasteiger partial charge on any atom is -0.396 e. The highest BCUT2D eigenvalue weighted by Gasteiger charge is 2.23. The fourth-order valence-electron chi connectivity index (χ4n) is 2.60. The van der Waals surface area contributed by atoms with Gasteiger partial charge in [-0.15, -0.1) is 0 Å². The Hall–Kier alpha value is -0.420. The molecule has 3 N–H and O–H groups in total. The van der Waals surface area contributed by atoms with Crippen LogP contribution in [0, 0.1) is 5.92 Å². The zero-order valence-corrected chi connectivity index (χ0v) is 13.1. The van der Waals surface area contributed by atoms with Gasteiger partial charge >= 0.3 is 6.03 Å². The van der Waals surface area contributed by atoms with Crippen LogP contribution in [0.4, 0.5) is 4.79 Å². The van der Waals surface area contributed by atoms with Gasteiger partial charge in [-0.05, 0) is 37.9 Å². The van der Waals surface area contributed by atoms with Gasteiger partial charge in [0.15, 0.2) is 0 Å².